The van der Waals surface area contributed by atoms with E-state index in [2.05, 4.69) is 10.6 Å². The van der Waals surface area contributed by atoms with Gasteiger partial charge in [-0.1, -0.05) is 30.3 Å². The molecule has 16 heavy (non-hydrogen) atoms. The van der Waals surface area contributed by atoms with Gasteiger partial charge in [0.15, 0.2) is 0 Å². The van der Waals surface area contributed by atoms with Gasteiger partial charge in [0.1, 0.15) is 0 Å². The fourth-order valence-electron chi connectivity index (χ4n) is 1.82. The van der Waals surface area contributed by atoms with Crippen LogP contribution in [0.1, 0.15) is 11.6 Å². The van der Waals surface area contributed by atoms with Crippen LogP contribution in [-0.2, 0) is 4.79 Å². The van der Waals surface area contributed by atoms with Crippen LogP contribution in [0.4, 0.5) is 4.79 Å². The molecule has 2 unspecified atom stereocenters. The third kappa shape index (κ3) is 1.98. The monoisotopic (exact) mass is 220 g/mol. The van der Waals surface area contributed by atoms with Crippen LogP contribution in [0.25, 0.3) is 0 Å². The van der Waals surface area contributed by atoms with E-state index in [0.717, 1.165) is 5.56 Å². The molecule has 84 valence electrons. The molecule has 0 radical (unpaired) electrons. The molecule has 3 N–H and O–H groups in total. The van der Waals surface area contributed by atoms with Crippen LogP contribution in [0.15, 0.2) is 30.3 Å². The summed E-state index contributed by atoms with van der Waals surface area (Å²) in [5, 5.41) is 14.2. The van der Waals surface area contributed by atoms with E-state index in [-0.39, 0.29) is 12.6 Å². The first-order valence-electron chi connectivity index (χ1n) is 5.00. The van der Waals surface area contributed by atoms with Crippen molar-refractivity contribution in [3.8, 4) is 0 Å². The van der Waals surface area contributed by atoms with Crippen LogP contribution in [0, 0.1) is 5.92 Å². The molecule has 0 bridgehead atoms. The lowest BCUT2D eigenvalue weighted by molar-refractivity contribution is -0.142. The number of carboxylic acid groups (broad SMARTS) is 1. The molecule has 2 amide bonds. The van der Waals surface area contributed by atoms with Crippen molar-refractivity contribution in [2.45, 2.75) is 6.04 Å². The molecule has 2 atom stereocenters. The molecule has 1 aliphatic heterocycles. The Bertz CT molecular complexity index is 405. The predicted octanol–water partition coefficient (Wildman–Crippen LogP) is 0.741. The minimum absolute atomic E-state index is 0.153. The summed E-state index contributed by atoms with van der Waals surface area (Å²) in [6, 6.07) is 8.32. The van der Waals surface area contributed by atoms with Crippen molar-refractivity contribution in [2.24, 2.45) is 5.92 Å². The summed E-state index contributed by atoms with van der Waals surface area (Å²) in [5.41, 5.74) is 0.810. The number of hydrogen-bond acceptors (Lipinski definition) is 2. The van der Waals surface area contributed by atoms with Gasteiger partial charge < -0.3 is 15.7 Å². The molecule has 1 aliphatic rings. The average Bonchev–Trinajstić information content (AvgIpc) is 2.29. The molecule has 1 aromatic carbocycles. The third-order valence-corrected chi connectivity index (χ3v) is 2.65. The van der Waals surface area contributed by atoms with Crippen LogP contribution in [-0.4, -0.2) is 23.7 Å². The van der Waals surface area contributed by atoms with Gasteiger partial charge in [0.25, 0.3) is 0 Å². The standard InChI is InChI=1S/C11H12N2O3/c14-10(15)8-6-12-11(16)13-9(8)7-4-2-1-3-5-7/h1-5,8-9H,6H2,(H,14,15)(H2,12,13,16). The third-order valence-electron chi connectivity index (χ3n) is 2.65. The second-order valence-electron chi connectivity index (χ2n) is 3.69. The zero-order valence-corrected chi connectivity index (χ0v) is 8.51. The summed E-state index contributed by atoms with van der Waals surface area (Å²) >= 11 is 0. The zero-order chi connectivity index (χ0) is 11.5. The maximum absolute atomic E-state index is 11.2. The summed E-state index contributed by atoms with van der Waals surface area (Å²) in [5.74, 6) is -1.55. The Labute approximate surface area is 92.5 Å². The molecule has 1 heterocycles. The first kappa shape index (κ1) is 10.5. The molecular formula is C11H12N2O3. The smallest absolute Gasteiger partial charge is 0.315 e. The lowest BCUT2D eigenvalue weighted by Crippen LogP contribution is -2.52. The molecule has 0 spiro atoms. The second-order valence-corrected chi connectivity index (χ2v) is 3.69. The number of carboxylic acids is 1. The second kappa shape index (κ2) is 4.22. The number of carbonyl (C=O) groups is 2. The highest BCUT2D eigenvalue weighted by Gasteiger charge is 2.34. The largest absolute Gasteiger partial charge is 0.481 e. The van der Waals surface area contributed by atoms with Crippen molar-refractivity contribution in [1.29, 1.82) is 0 Å². The SMILES string of the molecule is O=C1NCC(C(=O)O)C(c2ccccc2)N1. The molecule has 0 aliphatic carbocycles. The van der Waals surface area contributed by atoms with Crippen molar-refractivity contribution >= 4 is 12.0 Å². The van der Waals surface area contributed by atoms with Gasteiger partial charge in [-0.05, 0) is 5.56 Å². The van der Waals surface area contributed by atoms with Crippen LogP contribution in [0.2, 0.25) is 0 Å². The summed E-state index contributed by atoms with van der Waals surface area (Å²) in [4.78, 5) is 22.3. The zero-order valence-electron chi connectivity index (χ0n) is 8.51. The lowest BCUT2D eigenvalue weighted by Gasteiger charge is -2.30. The fourth-order valence-corrected chi connectivity index (χ4v) is 1.82. The van der Waals surface area contributed by atoms with Gasteiger partial charge in [0, 0.05) is 6.54 Å². The quantitative estimate of drug-likeness (QED) is 0.687. The summed E-state index contributed by atoms with van der Waals surface area (Å²) in [7, 11) is 0. The number of urea groups is 1. The molecule has 0 aromatic heterocycles. The van der Waals surface area contributed by atoms with E-state index in [1.165, 1.54) is 0 Å². The Morgan fingerprint density at radius 1 is 1.31 bits per heavy atom. The van der Waals surface area contributed by atoms with E-state index in [9.17, 15) is 9.59 Å². The lowest BCUT2D eigenvalue weighted by atomic mass is 9.91. The Hall–Kier alpha value is -2.04. The minimum atomic E-state index is -0.915. The molecule has 5 nitrogen and oxygen atoms in total. The Balaban J connectivity index is 2.27. The molecule has 5 heteroatoms. The highest BCUT2D eigenvalue weighted by Crippen LogP contribution is 2.24. The average molecular weight is 220 g/mol. The van der Waals surface area contributed by atoms with Crippen molar-refractivity contribution < 1.29 is 14.7 Å². The summed E-state index contributed by atoms with van der Waals surface area (Å²) < 4.78 is 0. The van der Waals surface area contributed by atoms with E-state index in [1.807, 2.05) is 30.3 Å². The van der Waals surface area contributed by atoms with Crippen molar-refractivity contribution in [3.05, 3.63) is 35.9 Å². The summed E-state index contributed by atoms with van der Waals surface area (Å²) in [6.07, 6.45) is 0. The van der Waals surface area contributed by atoms with Gasteiger partial charge in [0.05, 0.1) is 12.0 Å². The highest BCUT2D eigenvalue weighted by molar-refractivity contribution is 5.80. The molecule has 1 aromatic rings. The van der Waals surface area contributed by atoms with Gasteiger partial charge in [-0.2, -0.15) is 0 Å². The van der Waals surface area contributed by atoms with Gasteiger partial charge in [-0.25, -0.2) is 4.79 Å². The summed E-state index contributed by atoms with van der Waals surface area (Å²) in [6.45, 7) is 0.153. The van der Waals surface area contributed by atoms with E-state index in [0.29, 0.717) is 0 Å². The number of rotatable bonds is 2. The van der Waals surface area contributed by atoms with Crippen LogP contribution in [0.3, 0.4) is 0 Å². The number of hydrogen-bond donors (Lipinski definition) is 3. The van der Waals surface area contributed by atoms with E-state index >= 15 is 0 Å². The first-order valence-corrected chi connectivity index (χ1v) is 5.00. The number of benzene rings is 1. The van der Waals surface area contributed by atoms with Crippen molar-refractivity contribution in [1.82, 2.24) is 10.6 Å². The molecule has 1 fully saturated rings. The predicted molar refractivity (Wildman–Crippen MR) is 56.8 cm³/mol. The molecule has 0 saturated carbocycles. The van der Waals surface area contributed by atoms with Crippen LogP contribution in [0.5, 0.6) is 0 Å². The maximum atomic E-state index is 11.2. The first-order chi connectivity index (χ1) is 7.68. The van der Waals surface area contributed by atoms with E-state index in [4.69, 9.17) is 5.11 Å². The normalized spacial score (nSPS) is 24.4. The fraction of sp³-hybridized carbons (Fsp3) is 0.273. The number of nitrogens with one attached hydrogen (secondary N) is 2. The number of carbonyl (C=O) groups excluding carboxylic acids is 1. The Morgan fingerprint density at radius 3 is 2.62 bits per heavy atom. The molecule has 1 saturated heterocycles. The number of amides is 2. The highest BCUT2D eigenvalue weighted by atomic mass is 16.4. The van der Waals surface area contributed by atoms with Crippen molar-refractivity contribution in [3.63, 3.8) is 0 Å². The van der Waals surface area contributed by atoms with Crippen molar-refractivity contribution in [2.75, 3.05) is 6.54 Å². The van der Waals surface area contributed by atoms with Gasteiger partial charge in [-0.3, -0.25) is 4.79 Å². The number of aliphatic carboxylic acids is 1. The van der Waals surface area contributed by atoms with Gasteiger partial charge >= 0.3 is 12.0 Å². The maximum Gasteiger partial charge on any atom is 0.315 e. The molecular weight excluding hydrogens is 208 g/mol. The Morgan fingerprint density at radius 2 is 2.00 bits per heavy atom. The Kier molecular flexibility index (Phi) is 2.76. The van der Waals surface area contributed by atoms with E-state index < -0.39 is 17.9 Å². The minimum Gasteiger partial charge on any atom is -0.481 e. The topological polar surface area (TPSA) is 78.4 Å². The van der Waals surface area contributed by atoms with Gasteiger partial charge in [-0.15, -0.1) is 0 Å². The van der Waals surface area contributed by atoms with Crippen LogP contribution < -0.4 is 10.6 Å². The van der Waals surface area contributed by atoms with Crippen LogP contribution >= 0.6 is 0 Å². The van der Waals surface area contributed by atoms with Gasteiger partial charge in [0.2, 0.25) is 0 Å². The molecule has 2 rings (SSSR count). The van der Waals surface area contributed by atoms with E-state index in [1.54, 1.807) is 0 Å².